The maximum Gasteiger partial charge on any atom is 1.00 e. The van der Waals surface area contributed by atoms with Crippen LogP contribution in [0, 0.1) is 0 Å². The molecule has 0 aliphatic heterocycles. The van der Waals surface area contributed by atoms with Crippen LogP contribution in [-0.2, 0) is 32.8 Å². The Balaban J connectivity index is 0.00000364. The zero-order chi connectivity index (χ0) is 35.7. The van der Waals surface area contributed by atoms with Crippen LogP contribution in [0.5, 0.6) is 5.75 Å². The minimum atomic E-state index is -3.76. The third-order valence-corrected chi connectivity index (χ3v) is 9.17. The topological polar surface area (TPSA) is 266 Å². The summed E-state index contributed by atoms with van der Waals surface area (Å²) in [6.07, 6.45) is 2.76. The van der Waals surface area contributed by atoms with Gasteiger partial charge >= 0.3 is 76.3 Å². The normalized spacial score (nSPS) is 11.3. The van der Waals surface area contributed by atoms with E-state index < -0.39 is 21.6 Å². The fraction of sp³-hybridized carbons (Fsp3) is 0.0741. The molecule has 2 heterocycles. The van der Waals surface area contributed by atoms with Crippen LogP contribution in [0.2, 0.25) is 5.28 Å². The number of pyridine rings is 1. The number of sulfone groups is 1. The number of benzene rings is 3. The maximum absolute atomic E-state index is 12.5. The molecule has 19 nitrogen and oxygen atoms in total. The van der Waals surface area contributed by atoms with Crippen LogP contribution in [0.1, 0.15) is 10.4 Å². The maximum atomic E-state index is 12.5. The number of hydrogen-bond acceptors (Lipinski definition) is 20. The summed E-state index contributed by atoms with van der Waals surface area (Å²) in [6, 6.07) is 14.4. The number of anilines is 2. The number of phenols is 1. The Labute approximate surface area is 351 Å². The van der Waals surface area contributed by atoms with Crippen molar-refractivity contribution < 1.29 is 121 Å². The number of carbonyl (C=O) groups excluding carboxylic acids is 1. The second-order valence-electron chi connectivity index (χ2n) is 9.41. The molecule has 0 fully saturated rings. The first-order valence-electron chi connectivity index (χ1n) is 13.4. The molecule has 0 aliphatic carbocycles. The van der Waals surface area contributed by atoms with E-state index >= 15 is 0 Å². The summed E-state index contributed by atoms with van der Waals surface area (Å²) < 4.78 is 39.5. The van der Waals surface area contributed by atoms with Gasteiger partial charge in [0.15, 0.2) is 27.9 Å². The molecule has 5 rings (SSSR count). The number of rotatable bonds is 16. The fourth-order valence-electron chi connectivity index (χ4n) is 4.16. The van der Waals surface area contributed by atoms with E-state index in [1.165, 1.54) is 59.4 Å². The molecule has 0 amide bonds. The van der Waals surface area contributed by atoms with Crippen molar-refractivity contribution in [2.45, 2.75) is 9.79 Å². The van der Waals surface area contributed by atoms with Gasteiger partial charge in [0, 0.05) is 16.6 Å². The average Bonchev–Trinajstić information content (AvgIpc) is 3.10. The van der Waals surface area contributed by atoms with Crippen LogP contribution in [-0.4, -0.2) is 46.8 Å². The smallest absolute Gasteiger partial charge is 0.691 e. The van der Waals surface area contributed by atoms with Gasteiger partial charge in [-0.15, -0.1) is 9.45 Å². The largest absolute Gasteiger partial charge is 1.00 e. The summed E-state index contributed by atoms with van der Waals surface area (Å²) in [6.45, 7) is -0.290. The van der Waals surface area contributed by atoms with Crippen LogP contribution < -0.4 is 84.6 Å². The first kappa shape index (κ1) is 43.8. The quantitative estimate of drug-likeness (QED) is 0.0183. The van der Waals surface area contributed by atoms with Crippen LogP contribution in [0.3, 0.4) is 0 Å². The number of aromatic nitrogens is 4. The van der Waals surface area contributed by atoms with Gasteiger partial charge in [-0.25, -0.2) is 13.0 Å². The minimum absolute atomic E-state index is 0. The van der Waals surface area contributed by atoms with E-state index in [-0.39, 0.29) is 128 Å². The van der Waals surface area contributed by atoms with Gasteiger partial charge in [-0.2, -0.15) is 14.4 Å². The van der Waals surface area contributed by atoms with E-state index in [0.29, 0.717) is 28.5 Å². The molecular weight excluding hydrogens is 792 g/mol. The van der Waals surface area contributed by atoms with Gasteiger partial charge in [0.2, 0.25) is 0 Å². The predicted molar refractivity (Wildman–Crippen MR) is 166 cm³/mol. The number of nitrogens with one attached hydrogen (secondary N) is 1. The van der Waals surface area contributed by atoms with Crippen LogP contribution in [0.25, 0.3) is 16.7 Å². The second kappa shape index (κ2) is 20.8. The number of halogens is 1. The Kier molecular flexibility index (Phi) is 17.5. The number of hydrogen-bond donors (Lipinski definition) is 2. The molecule has 0 unspecified atom stereocenters. The number of nitrogens with zero attached hydrogens (tertiary/aromatic N) is 6. The molecule has 0 radical (unpaired) electrons. The first-order chi connectivity index (χ1) is 24.1. The molecule has 25 heteroatoms. The molecule has 52 heavy (non-hydrogen) atoms. The SMILES string of the molecule is O=C([O-])c1ccc[n+](-c2nc(Cl)nc(Nc3ccc4c(O)c(N=Nc5ccc(S(=O)(=O)CCOSOO[O-])cc5)c(SOO[O-])cc4c3)n2)c1.[Na+].[Na+]. The zero-order valence-corrected chi connectivity index (χ0v) is 33.8. The number of carboxylic acids is 1. The summed E-state index contributed by atoms with van der Waals surface area (Å²) in [5.74, 6) is -2.14. The van der Waals surface area contributed by atoms with Crippen LogP contribution in [0.4, 0.5) is 23.0 Å². The number of aromatic carboxylic acids is 1. The summed E-state index contributed by atoms with van der Waals surface area (Å²) in [4.78, 5) is 23.7. The summed E-state index contributed by atoms with van der Waals surface area (Å²) >= 11 is 6.75. The number of fused-ring (bicyclic) bond motifs is 1. The van der Waals surface area contributed by atoms with E-state index in [1.807, 2.05) is 0 Å². The van der Waals surface area contributed by atoms with Crippen molar-refractivity contribution >= 4 is 85.6 Å². The summed E-state index contributed by atoms with van der Waals surface area (Å²) in [7, 11) is -3.76. The number of carboxylic acid groups (broad SMARTS) is 1. The monoisotopic (exact) mass is 809 g/mol. The van der Waals surface area contributed by atoms with Gasteiger partial charge in [0.1, 0.15) is 5.69 Å². The van der Waals surface area contributed by atoms with Gasteiger partial charge in [-0.3, -0.25) is 14.3 Å². The van der Waals surface area contributed by atoms with Gasteiger partial charge in [-0.1, -0.05) is 0 Å². The second-order valence-corrected chi connectivity index (χ2v) is 13.1. The fourth-order valence-corrected chi connectivity index (χ4v) is 6.21. The van der Waals surface area contributed by atoms with Crippen molar-refractivity contribution in [2.75, 3.05) is 17.7 Å². The van der Waals surface area contributed by atoms with E-state index in [9.17, 15) is 33.9 Å². The van der Waals surface area contributed by atoms with E-state index in [2.05, 4.69) is 49.2 Å². The number of phenolic OH excluding ortho intramolecular Hbond substituents is 1. The summed E-state index contributed by atoms with van der Waals surface area (Å²) in [5.41, 5.74) is 0.429. The molecule has 0 aliphatic rings. The van der Waals surface area contributed by atoms with Gasteiger partial charge in [0.25, 0.3) is 0 Å². The van der Waals surface area contributed by atoms with E-state index in [0.717, 1.165) is 0 Å². The Morgan fingerprint density at radius 1 is 1.00 bits per heavy atom. The molecule has 0 saturated carbocycles. The van der Waals surface area contributed by atoms with Gasteiger partial charge < -0.3 is 30.8 Å². The standard InChI is InChI=1S/C27H20ClN7O12S3.2Na/c28-25-30-26(32-27(31-25)35-9-1-2-15(14-35)24(37)38)29-18-5-8-20-16(12-18)13-21(48-46-44-39)22(23(20)36)34-33-17-3-6-19(7-4-17)50(41,42)11-10-43-49-47-45-40;;/h1-9,12-14H,10-11H2,(H4-,29,30,31,32,36,37,38,39,40);;/q;2*+1/p-2. The van der Waals surface area contributed by atoms with Crippen molar-refractivity contribution in [3.8, 4) is 11.7 Å². The summed E-state index contributed by atoms with van der Waals surface area (Å²) in [5, 5.41) is 61.0. The zero-order valence-electron chi connectivity index (χ0n) is 26.6. The molecule has 0 bridgehead atoms. The first-order valence-corrected chi connectivity index (χ1v) is 16.9. The predicted octanol–water partition coefficient (Wildman–Crippen LogP) is -4.00. The third-order valence-electron chi connectivity index (χ3n) is 6.32. The number of carbonyl (C=O) groups is 1. The molecule has 260 valence electrons. The Morgan fingerprint density at radius 3 is 2.46 bits per heavy atom. The Morgan fingerprint density at radius 2 is 1.75 bits per heavy atom. The van der Waals surface area contributed by atoms with Crippen LogP contribution in [0.15, 0.2) is 93.1 Å². The molecule has 0 atom stereocenters. The van der Waals surface area contributed by atoms with Crippen molar-refractivity contribution in [3.63, 3.8) is 0 Å². The van der Waals surface area contributed by atoms with Gasteiger partial charge in [-0.05, 0) is 87.6 Å². The molecule has 2 N–H and O–H groups in total. The average molecular weight is 810 g/mol. The molecular formula is C27H18ClN7Na2O12S3. The molecule has 5 aromatic rings. The Hall–Kier alpha value is -2.59. The Bertz CT molecular complexity index is 2160. The molecule has 2 aromatic heterocycles. The van der Waals surface area contributed by atoms with Crippen molar-refractivity contribution in [1.82, 2.24) is 15.0 Å². The minimum Gasteiger partial charge on any atom is -0.691 e. The number of azo groups is 1. The van der Waals surface area contributed by atoms with E-state index in [4.69, 9.17) is 15.8 Å². The van der Waals surface area contributed by atoms with Crippen LogP contribution >= 0.6 is 36.0 Å². The van der Waals surface area contributed by atoms with Crippen molar-refractivity contribution in [2.24, 2.45) is 10.2 Å². The van der Waals surface area contributed by atoms with Crippen molar-refractivity contribution in [3.05, 3.63) is 83.9 Å². The number of aromatic hydroxyl groups is 1. The molecule has 3 aromatic carbocycles. The van der Waals surface area contributed by atoms with Crippen molar-refractivity contribution in [1.29, 1.82) is 0 Å². The third kappa shape index (κ3) is 11.7. The van der Waals surface area contributed by atoms with Gasteiger partial charge in [0.05, 0.1) is 58.2 Å². The molecule has 0 spiro atoms. The van der Waals surface area contributed by atoms with E-state index in [1.54, 1.807) is 18.2 Å². The molecule has 0 saturated heterocycles.